The summed E-state index contributed by atoms with van der Waals surface area (Å²) >= 11 is 0. The molecule has 0 heterocycles. The number of hydrogen-bond donors (Lipinski definition) is 0. The summed E-state index contributed by atoms with van der Waals surface area (Å²) in [6, 6.07) is 16.8. The van der Waals surface area contributed by atoms with Gasteiger partial charge in [-0.3, -0.25) is 0 Å². The number of benzene rings is 2. The van der Waals surface area contributed by atoms with Crippen LogP contribution >= 0.6 is 0 Å². The summed E-state index contributed by atoms with van der Waals surface area (Å²) in [6.45, 7) is 0. The molecule has 0 spiro atoms. The maximum absolute atomic E-state index is 4.92. The van der Waals surface area contributed by atoms with Crippen LogP contribution in [-0.2, 0) is 19.5 Å². The summed E-state index contributed by atoms with van der Waals surface area (Å²) in [7, 11) is 6.41. The van der Waals surface area contributed by atoms with E-state index in [0.29, 0.717) is 23.0 Å². The van der Waals surface area contributed by atoms with Crippen LogP contribution in [0.25, 0.3) is 0 Å². The Kier molecular flexibility index (Phi) is 10.1. The van der Waals surface area contributed by atoms with Crippen LogP contribution in [0.15, 0.2) is 36.4 Å². The fourth-order valence-corrected chi connectivity index (χ4v) is 1.33. The van der Waals surface area contributed by atoms with Crippen molar-refractivity contribution in [3.63, 3.8) is 0 Å². The van der Waals surface area contributed by atoms with Crippen LogP contribution in [0, 0.1) is 12.1 Å². The maximum Gasteiger partial charge on any atom is 2.00 e. The van der Waals surface area contributed by atoms with Gasteiger partial charge in [-0.05, 0) is 0 Å². The van der Waals surface area contributed by atoms with E-state index < -0.39 is 0 Å². The first-order valence-corrected chi connectivity index (χ1v) is 5.94. The first kappa shape index (κ1) is 19.3. The molecule has 21 heavy (non-hydrogen) atoms. The van der Waals surface area contributed by atoms with Gasteiger partial charge in [-0.25, -0.2) is 0 Å². The van der Waals surface area contributed by atoms with Crippen molar-refractivity contribution in [1.29, 1.82) is 0 Å². The molecule has 0 bridgehead atoms. The Bertz CT molecular complexity index is 431. The van der Waals surface area contributed by atoms with Crippen LogP contribution < -0.4 is 18.9 Å². The first-order chi connectivity index (χ1) is 9.73. The van der Waals surface area contributed by atoms with Crippen LogP contribution in [0.4, 0.5) is 0 Å². The molecule has 0 N–H and O–H groups in total. The Morgan fingerprint density at radius 1 is 0.571 bits per heavy atom. The summed E-state index contributed by atoms with van der Waals surface area (Å²) in [4.78, 5) is 0. The van der Waals surface area contributed by atoms with Crippen LogP contribution in [0.2, 0.25) is 0 Å². The zero-order valence-corrected chi connectivity index (χ0v) is 15.8. The van der Waals surface area contributed by atoms with Gasteiger partial charge in [0.2, 0.25) is 0 Å². The van der Waals surface area contributed by atoms with Gasteiger partial charge in [0.15, 0.2) is 0 Å². The quantitative estimate of drug-likeness (QED) is 0.634. The van der Waals surface area contributed by atoms with Crippen LogP contribution in [0.1, 0.15) is 0 Å². The number of ether oxygens (including phenoxy) is 4. The summed E-state index contributed by atoms with van der Waals surface area (Å²) in [5, 5.41) is 0. The average Bonchev–Trinajstić information content (AvgIpc) is 2.55. The minimum atomic E-state index is 0. The molecule has 0 aliphatic carbocycles. The van der Waals surface area contributed by atoms with E-state index >= 15 is 0 Å². The number of methoxy groups -OCH3 is 4. The molecular formula is C16H18O4Zn. The van der Waals surface area contributed by atoms with E-state index in [0.717, 1.165) is 0 Å². The van der Waals surface area contributed by atoms with Gasteiger partial charge in [0, 0.05) is 23.0 Å². The molecule has 0 aliphatic heterocycles. The van der Waals surface area contributed by atoms with E-state index in [4.69, 9.17) is 18.9 Å². The zero-order valence-electron chi connectivity index (χ0n) is 12.8. The van der Waals surface area contributed by atoms with Crippen molar-refractivity contribution in [2.45, 2.75) is 0 Å². The third kappa shape index (κ3) is 7.00. The van der Waals surface area contributed by atoms with Gasteiger partial charge in [-0.15, -0.1) is 24.3 Å². The summed E-state index contributed by atoms with van der Waals surface area (Å²) in [6.07, 6.45) is 0. The van der Waals surface area contributed by atoms with Gasteiger partial charge < -0.3 is 18.9 Å². The second kappa shape index (κ2) is 11.0. The molecule has 0 unspecified atom stereocenters. The molecule has 2 aromatic rings. The number of hydrogen-bond acceptors (Lipinski definition) is 4. The number of rotatable bonds is 4. The molecule has 0 aliphatic rings. The molecule has 108 valence electrons. The molecule has 0 saturated heterocycles. The molecule has 0 saturated carbocycles. The molecule has 0 fully saturated rings. The summed E-state index contributed by atoms with van der Waals surface area (Å²) in [5.74, 6) is 2.78. The van der Waals surface area contributed by atoms with Gasteiger partial charge >= 0.3 is 19.5 Å². The van der Waals surface area contributed by atoms with Crippen molar-refractivity contribution in [3.05, 3.63) is 48.5 Å². The predicted molar refractivity (Wildman–Crippen MR) is 76.8 cm³/mol. The van der Waals surface area contributed by atoms with E-state index in [-0.39, 0.29) is 19.5 Å². The monoisotopic (exact) mass is 338 g/mol. The molecule has 0 atom stereocenters. The van der Waals surface area contributed by atoms with Crippen LogP contribution in [0.5, 0.6) is 23.0 Å². The maximum atomic E-state index is 4.92. The van der Waals surface area contributed by atoms with E-state index in [2.05, 4.69) is 12.1 Å². The van der Waals surface area contributed by atoms with Gasteiger partial charge in [0.25, 0.3) is 0 Å². The van der Waals surface area contributed by atoms with E-state index in [1.54, 1.807) is 28.4 Å². The van der Waals surface area contributed by atoms with Crippen molar-refractivity contribution in [2.24, 2.45) is 0 Å². The van der Waals surface area contributed by atoms with E-state index in [9.17, 15) is 0 Å². The Morgan fingerprint density at radius 3 is 1.00 bits per heavy atom. The van der Waals surface area contributed by atoms with Crippen molar-refractivity contribution in [2.75, 3.05) is 28.4 Å². The van der Waals surface area contributed by atoms with Gasteiger partial charge in [-0.1, -0.05) is 12.1 Å². The fourth-order valence-electron chi connectivity index (χ4n) is 1.33. The Hall–Kier alpha value is -1.74. The molecule has 0 amide bonds. The second-order valence-electron chi connectivity index (χ2n) is 3.58. The molecule has 2 rings (SSSR count). The topological polar surface area (TPSA) is 36.9 Å². The minimum Gasteiger partial charge on any atom is -0.522 e. The van der Waals surface area contributed by atoms with Crippen molar-refractivity contribution >= 4 is 0 Å². The van der Waals surface area contributed by atoms with Crippen molar-refractivity contribution in [1.82, 2.24) is 0 Å². The first-order valence-electron chi connectivity index (χ1n) is 5.94. The smallest absolute Gasteiger partial charge is 0.522 e. The van der Waals surface area contributed by atoms with Gasteiger partial charge in [-0.2, -0.15) is 12.1 Å². The fraction of sp³-hybridized carbons (Fsp3) is 0.250. The Labute approximate surface area is 138 Å². The van der Waals surface area contributed by atoms with Crippen molar-refractivity contribution < 1.29 is 38.4 Å². The third-order valence-electron chi connectivity index (χ3n) is 2.36. The summed E-state index contributed by atoms with van der Waals surface area (Å²) in [5.41, 5.74) is 0. The van der Waals surface area contributed by atoms with E-state index in [1.807, 2.05) is 36.4 Å². The Balaban J connectivity index is 0.000000364. The van der Waals surface area contributed by atoms with Gasteiger partial charge in [0.1, 0.15) is 0 Å². The molecular weight excluding hydrogens is 322 g/mol. The van der Waals surface area contributed by atoms with Crippen LogP contribution in [0.3, 0.4) is 0 Å². The second-order valence-corrected chi connectivity index (χ2v) is 3.58. The van der Waals surface area contributed by atoms with Crippen LogP contribution in [-0.4, -0.2) is 28.4 Å². The minimum absolute atomic E-state index is 0. The SMILES string of the molecule is COc1[c-]c(OC)ccc1.COc1[c-]c(OC)ccc1.[Zn+2]. The molecule has 5 heteroatoms. The molecule has 0 aromatic heterocycles. The largest absolute Gasteiger partial charge is 2.00 e. The predicted octanol–water partition coefficient (Wildman–Crippen LogP) is 3.01. The third-order valence-corrected chi connectivity index (χ3v) is 2.36. The van der Waals surface area contributed by atoms with Crippen molar-refractivity contribution in [3.8, 4) is 23.0 Å². The average molecular weight is 340 g/mol. The van der Waals surface area contributed by atoms with Gasteiger partial charge in [0.05, 0.1) is 28.4 Å². The van der Waals surface area contributed by atoms with E-state index in [1.165, 1.54) is 0 Å². The Morgan fingerprint density at radius 2 is 0.810 bits per heavy atom. The standard InChI is InChI=1S/2C8H9O2.Zn/c2*1-9-7-4-3-5-8(6-7)10-2;/h2*3-5H,1-2H3;/q2*-1;+2. The molecule has 0 radical (unpaired) electrons. The molecule has 2 aromatic carbocycles. The summed E-state index contributed by atoms with van der Waals surface area (Å²) < 4.78 is 19.7. The molecule has 4 nitrogen and oxygen atoms in total. The zero-order chi connectivity index (χ0) is 14.8. The normalized spacial score (nSPS) is 8.57.